The lowest BCUT2D eigenvalue weighted by atomic mass is 9.97. The van der Waals surface area contributed by atoms with Gasteiger partial charge in [0.15, 0.2) is 5.13 Å². The molecule has 0 unspecified atom stereocenters. The first-order chi connectivity index (χ1) is 15.6. The topological polar surface area (TPSA) is 79.4 Å². The molecule has 0 atom stereocenters. The van der Waals surface area contributed by atoms with Crippen LogP contribution in [-0.2, 0) is 14.8 Å². The number of sulfonamides is 1. The largest absolute Gasteiger partial charge is 0.302 e. The summed E-state index contributed by atoms with van der Waals surface area (Å²) in [6, 6.07) is 8.19. The Kier molecular flexibility index (Phi) is 6.60. The summed E-state index contributed by atoms with van der Waals surface area (Å²) in [5.74, 6) is -1.81. The van der Waals surface area contributed by atoms with Crippen molar-refractivity contribution in [1.29, 1.82) is 0 Å². The van der Waals surface area contributed by atoms with Crippen LogP contribution in [-0.4, -0.2) is 36.7 Å². The minimum Gasteiger partial charge on any atom is -0.302 e. The van der Waals surface area contributed by atoms with Crippen LogP contribution in [0.15, 0.2) is 46.7 Å². The number of rotatable bonds is 5. The SMILES string of the molecule is Cc1ccc(S(=O)(=O)N2CCC(C(=O)Nc3nc(-c4cc(F)ccc4F)cs3)CC2)cc1C. The maximum atomic E-state index is 14.0. The molecule has 0 radical (unpaired) electrons. The Morgan fingerprint density at radius 1 is 1.09 bits per heavy atom. The third-order valence-corrected chi connectivity index (χ3v) is 8.53. The number of aryl methyl sites for hydroxylation is 2. The highest BCUT2D eigenvalue weighted by molar-refractivity contribution is 7.89. The Hall–Kier alpha value is -2.69. The molecule has 0 aliphatic carbocycles. The first kappa shape index (κ1) is 23.5. The molecule has 0 bridgehead atoms. The van der Waals surface area contributed by atoms with E-state index in [1.807, 2.05) is 13.8 Å². The number of nitrogens with zero attached hydrogens (tertiary/aromatic N) is 2. The molecule has 1 saturated heterocycles. The zero-order valence-corrected chi connectivity index (χ0v) is 19.8. The van der Waals surface area contributed by atoms with Gasteiger partial charge in [0.25, 0.3) is 0 Å². The summed E-state index contributed by atoms with van der Waals surface area (Å²) >= 11 is 1.12. The molecule has 1 amide bonds. The van der Waals surface area contributed by atoms with E-state index in [9.17, 15) is 22.0 Å². The highest BCUT2D eigenvalue weighted by Gasteiger charge is 2.32. The fourth-order valence-corrected chi connectivity index (χ4v) is 6.01. The van der Waals surface area contributed by atoms with Crippen molar-refractivity contribution in [2.24, 2.45) is 5.92 Å². The lowest BCUT2D eigenvalue weighted by Gasteiger charge is -2.30. The van der Waals surface area contributed by atoms with E-state index in [4.69, 9.17) is 0 Å². The summed E-state index contributed by atoms with van der Waals surface area (Å²) in [5.41, 5.74) is 2.19. The van der Waals surface area contributed by atoms with Crippen molar-refractivity contribution in [3.8, 4) is 11.3 Å². The molecule has 0 saturated carbocycles. The molecule has 6 nitrogen and oxygen atoms in total. The van der Waals surface area contributed by atoms with Gasteiger partial charge >= 0.3 is 0 Å². The summed E-state index contributed by atoms with van der Waals surface area (Å²) in [6.45, 7) is 4.28. The molecule has 2 heterocycles. The van der Waals surface area contributed by atoms with E-state index in [-0.39, 0.29) is 46.2 Å². The van der Waals surface area contributed by atoms with Crippen LogP contribution in [0.25, 0.3) is 11.3 Å². The zero-order valence-electron chi connectivity index (χ0n) is 18.1. The average Bonchev–Trinajstić information content (AvgIpc) is 3.25. The highest BCUT2D eigenvalue weighted by atomic mass is 32.2. The molecule has 4 rings (SSSR count). The smallest absolute Gasteiger partial charge is 0.243 e. The van der Waals surface area contributed by atoms with Crippen LogP contribution < -0.4 is 5.32 Å². The van der Waals surface area contributed by atoms with Crippen LogP contribution in [0.1, 0.15) is 24.0 Å². The Bertz CT molecular complexity index is 1300. The van der Waals surface area contributed by atoms with Crippen LogP contribution in [0.4, 0.5) is 13.9 Å². The van der Waals surface area contributed by atoms with Gasteiger partial charge in [-0.3, -0.25) is 4.79 Å². The first-order valence-electron chi connectivity index (χ1n) is 10.4. The van der Waals surface area contributed by atoms with Gasteiger partial charge in [0.2, 0.25) is 15.9 Å². The molecule has 1 aliphatic rings. The number of benzene rings is 2. The number of carbonyl (C=O) groups is 1. The second-order valence-corrected chi connectivity index (χ2v) is 10.9. The monoisotopic (exact) mass is 491 g/mol. The Labute approximate surface area is 195 Å². The lowest BCUT2D eigenvalue weighted by Crippen LogP contribution is -2.41. The molecular weight excluding hydrogens is 468 g/mol. The highest BCUT2D eigenvalue weighted by Crippen LogP contribution is 2.29. The van der Waals surface area contributed by atoms with Gasteiger partial charge in [-0.05, 0) is 68.1 Å². The molecule has 1 aliphatic heterocycles. The van der Waals surface area contributed by atoms with Crippen LogP contribution in [0.3, 0.4) is 0 Å². The number of hydrogen-bond acceptors (Lipinski definition) is 5. The van der Waals surface area contributed by atoms with Crippen molar-refractivity contribution in [1.82, 2.24) is 9.29 Å². The Morgan fingerprint density at radius 2 is 1.82 bits per heavy atom. The quantitative estimate of drug-likeness (QED) is 0.559. The maximum absolute atomic E-state index is 14.0. The fraction of sp³-hybridized carbons (Fsp3) is 0.304. The number of nitrogens with one attached hydrogen (secondary N) is 1. The van der Waals surface area contributed by atoms with Gasteiger partial charge < -0.3 is 5.32 Å². The predicted octanol–water partition coefficient (Wildman–Crippen LogP) is 4.74. The molecule has 3 aromatic rings. The Balaban J connectivity index is 1.38. The lowest BCUT2D eigenvalue weighted by molar-refractivity contribution is -0.120. The predicted molar refractivity (Wildman–Crippen MR) is 123 cm³/mol. The van der Waals surface area contributed by atoms with Crippen molar-refractivity contribution < 1.29 is 22.0 Å². The molecule has 0 spiro atoms. The third-order valence-electron chi connectivity index (χ3n) is 5.88. The molecule has 33 heavy (non-hydrogen) atoms. The second kappa shape index (κ2) is 9.28. The number of piperidine rings is 1. The van der Waals surface area contributed by atoms with E-state index in [1.54, 1.807) is 23.6 Å². The van der Waals surface area contributed by atoms with Crippen LogP contribution in [0.5, 0.6) is 0 Å². The normalized spacial score (nSPS) is 15.5. The minimum absolute atomic E-state index is 0.0246. The fourth-order valence-electron chi connectivity index (χ4n) is 3.74. The maximum Gasteiger partial charge on any atom is 0.243 e. The van der Waals surface area contributed by atoms with Gasteiger partial charge in [-0.15, -0.1) is 11.3 Å². The summed E-state index contributed by atoms with van der Waals surface area (Å²) in [5, 5.41) is 4.55. The van der Waals surface area contributed by atoms with Crippen molar-refractivity contribution >= 4 is 32.4 Å². The number of carbonyl (C=O) groups excluding carboxylic acids is 1. The summed E-state index contributed by atoms with van der Waals surface area (Å²) in [4.78, 5) is 17.2. The number of halogens is 2. The molecule has 1 fully saturated rings. The number of anilines is 1. The molecular formula is C23H23F2N3O3S2. The van der Waals surface area contributed by atoms with Gasteiger partial charge in [0.1, 0.15) is 11.6 Å². The van der Waals surface area contributed by atoms with Crippen LogP contribution in [0.2, 0.25) is 0 Å². The number of thiazole rings is 1. The van der Waals surface area contributed by atoms with E-state index in [2.05, 4.69) is 10.3 Å². The molecule has 1 N–H and O–H groups in total. The standard InChI is InChI=1S/C23H23F2N3O3S2/c1-14-3-5-18(11-15(14)2)33(30,31)28-9-7-16(8-10-28)22(29)27-23-26-21(13-32-23)19-12-17(24)4-6-20(19)25/h3-6,11-13,16H,7-10H2,1-2H3,(H,26,27,29). The van der Waals surface area contributed by atoms with Crippen molar-refractivity contribution in [3.05, 3.63) is 64.5 Å². The summed E-state index contributed by atoms with van der Waals surface area (Å²) < 4.78 is 54.8. The summed E-state index contributed by atoms with van der Waals surface area (Å²) in [7, 11) is -3.62. The van der Waals surface area contributed by atoms with Gasteiger partial charge in [-0.1, -0.05) is 6.07 Å². The van der Waals surface area contributed by atoms with E-state index < -0.39 is 21.7 Å². The second-order valence-electron chi connectivity index (χ2n) is 8.08. The average molecular weight is 492 g/mol. The van der Waals surface area contributed by atoms with Gasteiger partial charge in [0.05, 0.1) is 10.6 Å². The van der Waals surface area contributed by atoms with Crippen molar-refractivity contribution in [2.75, 3.05) is 18.4 Å². The summed E-state index contributed by atoms with van der Waals surface area (Å²) in [6.07, 6.45) is 0.763. The van der Waals surface area contributed by atoms with E-state index in [0.29, 0.717) is 12.8 Å². The number of hydrogen-bond donors (Lipinski definition) is 1. The van der Waals surface area contributed by atoms with Crippen molar-refractivity contribution in [2.45, 2.75) is 31.6 Å². The van der Waals surface area contributed by atoms with Gasteiger partial charge in [0, 0.05) is 30.0 Å². The molecule has 2 aromatic carbocycles. The van der Waals surface area contributed by atoms with Crippen LogP contribution in [0, 0.1) is 31.4 Å². The van der Waals surface area contributed by atoms with E-state index >= 15 is 0 Å². The number of aromatic nitrogens is 1. The van der Waals surface area contributed by atoms with Gasteiger partial charge in [-0.25, -0.2) is 22.2 Å². The van der Waals surface area contributed by atoms with Gasteiger partial charge in [-0.2, -0.15) is 4.31 Å². The van der Waals surface area contributed by atoms with Crippen LogP contribution >= 0.6 is 11.3 Å². The minimum atomic E-state index is -3.62. The molecule has 1 aromatic heterocycles. The first-order valence-corrected chi connectivity index (χ1v) is 12.8. The zero-order chi connectivity index (χ0) is 23.8. The number of amides is 1. The van der Waals surface area contributed by atoms with E-state index in [0.717, 1.165) is 40.7 Å². The third kappa shape index (κ3) is 4.97. The van der Waals surface area contributed by atoms with E-state index in [1.165, 1.54) is 4.31 Å². The molecule has 10 heteroatoms. The Morgan fingerprint density at radius 3 is 2.52 bits per heavy atom. The van der Waals surface area contributed by atoms with Crippen molar-refractivity contribution in [3.63, 3.8) is 0 Å². The molecule has 174 valence electrons.